The van der Waals surface area contributed by atoms with E-state index >= 15 is 0 Å². The van der Waals surface area contributed by atoms with E-state index < -0.39 is 0 Å². The molecule has 8 heteroatoms. The van der Waals surface area contributed by atoms with E-state index in [1.54, 1.807) is 12.1 Å². The number of carbonyl (C=O) groups excluding carboxylic acids is 2. The van der Waals surface area contributed by atoms with E-state index in [9.17, 15) is 9.59 Å². The molecule has 0 aliphatic rings. The van der Waals surface area contributed by atoms with E-state index in [1.165, 1.54) is 0 Å². The number of hydrogen-bond donors (Lipinski definition) is 2. The molecule has 0 saturated heterocycles. The maximum Gasteiger partial charge on any atom is 0.259 e. The molecule has 0 spiro atoms. The molecule has 0 radical (unpaired) electrons. The number of carbonyl (C=O) groups is 2. The van der Waals surface area contributed by atoms with Gasteiger partial charge in [0.2, 0.25) is 0 Å². The van der Waals surface area contributed by atoms with Crippen LogP contribution >= 0.6 is 0 Å². The molecule has 250 valence electrons. The Morgan fingerprint density at radius 2 is 0.980 bits per heavy atom. The summed E-state index contributed by atoms with van der Waals surface area (Å²) in [6.45, 7) is 7.86. The summed E-state index contributed by atoms with van der Waals surface area (Å²) in [5.41, 5.74) is 9.54. The highest BCUT2D eigenvalue weighted by atomic mass is 16.2. The number of rotatable bonds is 9. The number of amides is 2. The molecule has 8 nitrogen and oxygen atoms in total. The highest BCUT2D eigenvalue weighted by molar-refractivity contribution is 6.09. The molecule has 0 unspecified atom stereocenters. The highest BCUT2D eigenvalue weighted by Gasteiger charge is 2.15. The lowest BCUT2D eigenvalue weighted by molar-refractivity contribution is 0.102. The lowest BCUT2D eigenvalue weighted by Crippen LogP contribution is -2.12. The standard InChI is InChI=1S/C42H40N6O2/c1-29-27-31(3)47-25-23-37(39(47)43-29)41(49)45-35-19-15-33(16-20-35)13-11-9-7-5-6-8-10-12-14-34-17-21-36(22-18-34)46-42(50)38-24-26-48-32(4)28-30(2)44-40(38)48/h15-28H,5-10H2,1-4H3,(H,45,49)(H,46,50). The second-order valence-electron chi connectivity index (χ2n) is 12.5. The zero-order chi connectivity index (χ0) is 35.0. The fourth-order valence-corrected chi connectivity index (χ4v) is 5.92. The van der Waals surface area contributed by atoms with Gasteiger partial charge in [0.1, 0.15) is 11.3 Å². The van der Waals surface area contributed by atoms with Crippen LogP contribution in [0.1, 0.15) is 93.1 Å². The largest absolute Gasteiger partial charge is 0.322 e. The maximum atomic E-state index is 12.9. The monoisotopic (exact) mass is 660 g/mol. The van der Waals surface area contributed by atoms with Gasteiger partial charge in [-0.3, -0.25) is 9.59 Å². The third kappa shape index (κ3) is 8.11. The van der Waals surface area contributed by atoms with Gasteiger partial charge in [0.25, 0.3) is 11.8 Å². The molecule has 2 amide bonds. The fraction of sp³-hybridized carbons (Fsp3) is 0.238. The Balaban J connectivity index is 0.878. The van der Waals surface area contributed by atoms with Crippen LogP contribution in [0.15, 0.2) is 85.2 Å². The topological polar surface area (TPSA) is 92.8 Å². The third-order valence-corrected chi connectivity index (χ3v) is 8.47. The van der Waals surface area contributed by atoms with Crippen molar-refractivity contribution in [2.75, 3.05) is 10.6 Å². The minimum absolute atomic E-state index is 0.183. The number of unbranched alkanes of at least 4 members (excludes halogenated alkanes) is 5. The van der Waals surface area contributed by atoms with Crippen LogP contribution in [-0.2, 0) is 0 Å². The molecule has 0 aliphatic heterocycles. The van der Waals surface area contributed by atoms with Gasteiger partial charge in [-0.1, -0.05) is 36.5 Å². The number of aryl methyl sites for hydroxylation is 4. The summed E-state index contributed by atoms with van der Waals surface area (Å²) in [7, 11) is 0. The average molecular weight is 661 g/mol. The van der Waals surface area contributed by atoms with Crippen LogP contribution in [0, 0.1) is 51.4 Å². The van der Waals surface area contributed by atoms with Crippen LogP contribution in [-0.4, -0.2) is 30.6 Å². The van der Waals surface area contributed by atoms with Gasteiger partial charge in [-0.2, -0.15) is 0 Å². The van der Waals surface area contributed by atoms with Gasteiger partial charge >= 0.3 is 0 Å². The first-order valence-electron chi connectivity index (χ1n) is 17.0. The molecule has 0 aliphatic carbocycles. The van der Waals surface area contributed by atoms with Crippen molar-refractivity contribution in [3.63, 3.8) is 0 Å². The predicted octanol–water partition coefficient (Wildman–Crippen LogP) is 8.46. The third-order valence-electron chi connectivity index (χ3n) is 8.47. The number of hydrogen-bond acceptors (Lipinski definition) is 4. The summed E-state index contributed by atoms with van der Waals surface area (Å²) in [5.74, 6) is 12.6. The predicted molar refractivity (Wildman–Crippen MR) is 200 cm³/mol. The molecule has 0 bridgehead atoms. The number of nitrogens with one attached hydrogen (secondary N) is 2. The molecule has 6 aromatic rings. The van der Waals surface area contributed by atoms with Crippen molar-refractivity contribution >= 4 is 34.5 Å². The number of aromatic nitrogens is 4. The SMILES string of the molecule is Cc1cc(C)n2ccc(C(=O)Nc3ccc(C#CCCCCCCC#Cc4ccc(NC(=O)c5ccn6c(C)cc(C)nc56)cc4)cc3)c2n1. The van der Waals surface area contributed by atoms with Gasteiger partial charge in [0.15, 0.2) is 0 Å². The van der Waals surface area contributed by atoms with Gasteiger partial charge in [0, 0.05) is 70.5 Å². The Labute approximate surface area is 293 Å². The minimum atomic E-state index is -0.183. The van der Waals surface area contributed by atoms with Crippen molar-refractivity contribution < 1.29 is 9.59 Å². The van der Waals surface area contributed by atoms with Gasteiger partial charge in [-0.25, -0.2) is 9.97 Å². The van der Waals surface area contributed by atoms with Crippen molar-refractivity contribution in [2.45, 2.75) is 66.2 Å². The molecule has 4 aromatic heterocycles. The van der Waals surface area contributed by atoms with E-state index in [0.717, 1.165) is 83.8 Å². The van der Waals surface area contributed by atoms with Gasteiger partial charge < -0.3 is 19.4 Å². The Bertz CT molecular complexity index is 2140. The summed E-state index contributed by atoms with van der Waals surface area (Å²) in [6, 6.07) is 22.8. The summed E-state index contributed by atoms with van der Waals surface area (Å²) in [6.07, 6.45) is 9.77. The van der Waals surface area contributed by atoms with E-state index in [1.807, 2.05) is 110 Å². The zero-order valence-corrected chi connectivity index (χ0v) is 28.9. The lowest BCUT2D eigenvalue weighted by Gasteiger charge is -2.06. The lowest BCUT2D eigenvalue weighted by atomic mass is 10.1. The number of anilines is 2. The Kier molecular flexibility index (Phi) is 10.4. The minimum Gasteiger partial charge on any atom is -0.322 e. The molecule has 4 heterocycles. The molecule has 0 fully saturated rings. The van der Waals surface area contributed by atoms with Crippen LogP contribution in [0.5, 0.6) is 0 Å². The van der Waals surface area contributed by atoms with Gasteiger partial charge in [-0.05, 0) is 113 Å². The smallest absolute Gasteiger partial charge is 0.259 e. The first-order valence-corrected chi connectivity index (χ1v) is 17.0. The van der Waals surface area contributed by atoms with E-state index in [4.69, 9.17) is 0 Å². The molecular weight excluding hydrogens is 621 g/mol. The molecule has 0 atom stereocenters. The van der Waals surface area contributed by atoms with E-state index in [0.29, 0.717) is 22.4 Å². The second kappa shape index (κ2) is 15.4. The normalized spacial score (nSPS) is 10.7. The first kappa shape index (κ1) is 33.8. The number of fused-ring (bicyclic) bond motifs is 2. The molecule has 2 N–H and O–H groups in total. The summed E-state index contributed by atoms with van der Waals surface area (Å²) >= 11 is 0. The van der Waals surface area contributed by atoms with Crippen molar-refractivity contribution in [1.29, 1.82) is 0 Å². The van der Waals surface area contributed by atoms with Crippen molar-refractivity contribution in [3.05, 3.63) is 130 Å². The first-order chi connectivity index (χ1) is 24.2. The Morgan fingerprint density at radius 3 is 1.38 bits per heavy atom. The zero-order valence-electron chi connectivity index (χ0n) is 28.9. The summed E-state index contributed by atoms with van der Waals surface area (Å²) < 4.78 is 3.85. The van der Waals surface area contributed by atoms with Gasteiger partial charge in [0.05, 0.1) is 11.1 Å². The maximum absolute atomic E-state index is 12.9. The summed E-state index contributed by atoms with van der Waals surface area (Å²) in [4.78, 5) is 34.9. The molecule has 2 aromatic carbocycles. The van der Waals surface area contributed by atoms with E-state index in [2.05, 4.69) is 44.3 Å². The fourth-order valence-electron chi connectivity index (χ4n) is 5.92. The quantitative estimate of drug-likeness (QED) is 0.120. The van der Waals surface area contributed by atoms with Gasteiger partial charge in [-0.15, -0.1) is 0 Å². The van der Waals surface area contributed by atoms with Crippen LogP contribution in [0.4, 0.5) is 11.4 Å². The number of benzene rings is 2. The Morgan fingerprint density at radius 1 is 0.580 bits per heavy atom. The highest BCUT2D eigenvalue weighted by Crippen LogP contribution is 2.19. The van der Waals surface area contributed by atoms with Crippen molar-refractivity contribution in [1.82, 2.24) is 18.8 Å². The Hall–Kier alpha value is -6.12. The van der Waals surface area contributed by atoms with E-state index in [-0.39, 0.29) is 11.8 Å². The van der Waals surface area contributed by atoms with Crippen LogP contribution < -0.4 is 10.6 Å². The summed E-state index contributed by atoms with van der Waals surface area (Å²) in [5, 5.41) is 5.94. The molecule has 6 rings (SSSR count). The van der Waals surface area contributed by atoms with Crippen LogP contribution in [0.3, 0.4) is 0 Å². The second-order valence-corrected chi connectivity index (χ2v) is 12.5. The van der Waals surface area contributed by atoms with Crippen molar-refractivity contribution in [2.24, 2.45) is 0 Å². The molecule has 0 saturated carbocycles. The average Bonchev–Trinajstić information content (AvgIpc) is 3.72. The van der Waals surface area contributed by atoms with Crippen molar-refractivity contribution in [3.8, 4) is 23.7 Å². The number of nitrogens with zero attached hydrogens (tertiary/aromatic N) is 4. The van der Waals surface area contributed by atoms with Crippen LogP contribution in [0.2, 0.25) is 0 Å². The molecular formula is C42H40N6O2. The van der Waals surface area contributed by atoms with Crippen LogP contribution in [0.25, 0.3) is 11.3 Å². The molecule has 50 heavy (non-hydrogen) atoms.